The van der Waals surface area contributed by atoms with Gasteiger partial charge in [-0.1, -0.05) is 0 Å². The van der Waals surface area contributed by atoms with Crippen LogP contribution in [0.3, 0.4) is 0 Å². The summed E-state index contributed by atoms with van der Waals surface area (Å²) in [5.74, 6) is 0. The summed E-state index contributed by atoms with van der Waals surface area (Å²) in [6.07, 6.45) is 1.21. The van der Waals surface area contributed by atoms with Gasteiger partial charge in [0.15, 0.2) is 17.4 Å². The Hall–Kier alpha value is -0.0100. The van der Waals surface area contributed by atoms with Crippen LogP contribution in [0.2, 0.25) is 0 Å². The molecule has 0 aliphatic carbocycles. The standard InChI is InChI=1S/C4H11N3O2S/c1-10(8)9-4-6-2-5-3-7-4/h4-7H,2-3H2,1H3. The number of rotatable bonds is 2. The number of hydrogen-bond acceptors (Lipinski definition) is 5. The Morgan fingerprint density at radius 2 is 2.10 bits per heavy atom. The lowest BCUT2D eigenvalue weighted by atomic mass is 10.7. The summed E-state index contributed by atoms with van der Waals surface area (Å²) in [5, 5.41) is 8.81. The molecule has 0 spiro atoms. The van der Waals surface area contributed by atoms with Crippen molar-refractivity contribution in [1.82, 2.24) is 16.0 Å². The first-order valence-corrected chi connectivity index (χ1v) is 4.45. The van der Waals surface area contributed by atoms with E-state index in [-0.39, 0.29) is 6.35 Å². The number of nitrogens with one attached hydrogen (secondary N) is 3. The third-order valence-corrected chi connectivity index (χ3v) is 1.52. The quantitative estimate of drug-likeness (QED) is 0.454. The van der Waals surface area contributed by atoms with Crippen molar-refractivity contribution < 1.29 is 8.39 Å². The van der Waals surface area contributed by atoms with Crippen molar-refractivity contribution in [2.24, 2.45) is 0 Å². The summed E-state index contributed by atoms with van der Waals surface area (Å²) in [5.41, 5.74) is 0. The van der Waals surface area contributed by atoms with Crippen LogP contribution in [0.15, 0.2) is 0 Å². The van der Waals surface area contributed by atoms with Gasteiger partial charge in [0, 0.05) is 19.6 Å². The zero-order chi connectivity index (χ0) is 7.40. The monoisotopic (exact) mass is 165 g/mol. The average molecular weight is 165 g/mol. The van der Waals surface area contributed by atoms with E-state index in [9.17, 15) is 4.21 Å². The highest BCUT2D eigenvalue weighted by molar-refractivity contribution is 7.79. The molecule has 3 N–H and O–H groups in total. The molecule has 1 aliphatic rings. The van der Waals surface area contributed by atoms with Gasteiger partial charge in [-0.25, -0.2) is 4.21 Å². The first kappa shape index (κ1) is 8.09. The maximum atomic E-state index is 10.5. The molecular formula is C4H11N3O2S. The Morgan fingerprint density at radius 1 is 1.50 bits per heavy atom. The second kappa shape index (κ2) is 3.99. The first-order valence-electron chi connectivity index (χ1n) is 2.97. The molecule has 0 amide bonds. The molecule has 1 heterocycles. The second-order valence-electron chi connectivity index (χ2n) is 1.89. The molecule has 1 saturated heterocycles. The van der Waals surface area contributed by atoms with Gasteiger partial charge in [-0.15, -0.1) is 0 Å². The van der Waals surface area contributed by atoms with Gasteiger partial charge in [0.05, 0.1) is 0 Å². The fraction of sp³-hybridized carbons (Fsp3) is 1.00. The molecule has 0 aromatic carbocycles. The summed E-state index contributed by atoms with van der Waals surface area (Å²) in [6.45, 7) is 1.35. The Labute approximate surface area is 62.2 Å². The maximum absolute atomic E-state index is 10.5. The zero-order valence-electron chi connectivity index (χ0n) is 5.72. The van der Waals surface area contributed by atoms with Gasteiger partial charge in [-0.3, -0.25) is 20.1 Å². The Kier molecular flexibility index (Phi) is 3.23. The molecule has 60 valence electrons. The smallest absolute Gasteiger partial charge is 0.181 e. The van der Waals surface area contributed by atoms with Crippen LogP contribution in [0, 0.1) is 0 Å². The highest BCUT2D eigenvalue weighted by Gasteiger charge is 2.11. The van der Waals surface area contributed by atoms with Crippen LogP contribution >= 0.6 is 0 Å². The Morgan fingerprint density at radius 3 is 2.60 bits per heavy atom. The molecular weight excluding hydrogens is 154 g/mol. The lowest BCUT2D eigenvalue weighted by Crippen LogP contribution is -2.56. The summed E-state index contributed by atoms with van der Waals surface area (Å²) >= 11 is -1.22. The van der Waals surface area contributed by atoms with Crippen LogP contribution in [0.25, 0.3) is 0 Å². The lowest BCUT2D eigenvalue weighted by molar-refractivity contribution is 0.117. The van der Waals surface area contributed by atoms with E-state index in [1.807, 2.05) is 0 Å². The highest BCUT2D eigenvalue weighted by Crippen LogP contribution is 1.86. The molecule has 0 radical (unpaired) electrons. The van der Waals surface area contributed by atoms with E-state index in [2.05, 4.69) is 16.0 Å². The van der Waals surface area contributed by atoms with E-state index in [4.69, 9.17) is 4.18 Å². The summed E-state index contributed by atoms with van der Waals surface area (Å²) in [4.78, 5) is 0. The van der Waals surface area contributed by atoms with Crippen molar-refractivity contribution in [3.05, 3.63) is 0 Å². The minimum Gasteiger partial charge on any atom is -0.292 e. The first-order chi connectivity index (χ1) is 4.79. The van der Waals surface area contributed by atoms with E-state index in [0.717, 1.165) is 0 Å². The van der Waals surface area contributed by atoms with Crippen molar-refractivity contribution >= 4 is 11.1 Å². The van der Waals surface area contributed by atoms with E-state index in [0.29, 0.717) is 13.3 Å². The third-order valence-electron chi connectivity index (χ3n) is 1.06. The normalized spacial score (nSPS) is 24.5. The van der Waals surface area contributed by atoms with Crippen molar-refractivity contribution in [2.45, 2.75) is 6.35 Å². The minimum atomic E-state index is -1.22. The fourth-order valence-electron chi connectivity index (χ4n) is 0.668. The molecule has 0 aromatic heterocycles. The highest BCUT2D eigenvalue weighted by atomic mass is 32.2. The van der Waals surface area contributed by atoms with E-state index < -0.39 is 11.1 Å². The van der Waals surface area contributed by atoms with E-state index in [1.54, 1.807) is 0 Å². The van der Waals surface area contributed by atoms with E-state index >= 15 is 0 Å². The van der Waals surface area contributed by atoms with Crippen LogP contribution < -0.4 is 16.0 Å². The zero-order valence-corrected chi connectivity index (χ0v) is 6.53. The molecule has 1 unspecified atom stereocenters. The summed E-state index contributed by atoms with van der Waals surface area (Å²) in [6, 6.07) is 0. The van der Waals surface area contributed by atoms with Crippen molar-refractivity contribution in [3.63, 3.8) is 0 Å². The Bertz CT molecular complexity index is 126. The van der Waals surface area contributed by atoms with Crippen molar-refractivity contribution in [3.8, 4) is 0 Å². The molecule has 1 atom stereocenters. The molecule has 0 bridgehead atoms. The molecule has 1 rings (SSSR count). The van der Waals surface area contributed by atoms with E-state index in [1.165, 1.54) is 6.26 Å². The minimum absolute atomic E-state index is 0.285. The molecule has 1 aliphatic heterocycles. The van der Waals surface area contributed by atoms with Gasteiger partial charge < -0.3 is 0 Å². The third kappa shape index (κ3) is 2.72. The van der Waals surface area contributed by atoms with Gasteiger partial charge in [0.25, 0.3) is 0 Å². The van der Waals surface area contributed by atoms with Gasteiger partial charge >= 0.3 is 0 Å². The second-order valence-corrected chi connectivity index (χ2v) is 2.88. The summed E-state index contributed by atoms with van der Waals surface area (Å²) < 4.78 is 15.4. The average Bonchev–Trinajstić information content (AvgIpc) is 1.88. The van der Waals surface area contributed by atoms with Gasteiger partial charge in [0.1, 0.15) is 0 Å². The predicted octanol–water partition coefficient (Wildman–Crippen LogP) is -1.72. The largest absolute Gasteiger partial charge is 0.292 e. The molecule has 0 aromatic rings. The molecule has 0 saturated carbocycles. The van der Waals surface area contributed by atoms with Gasteiger partial charge in [-0.2, -0.15) is 0 Å². The molecule has 10 heavy (non-hydrogen) atoms. The molecule has 1 fully saturated rings. The van der Waals surface area contributed by atoms with Gasteiger partial charge in [-0.05, 0) is 0 Å². The van der Waals surface area contributed by atoms with Crippen molar-refractivity contribution in [2.75, 3.05) is 19.6 Å². The topological polar surface area (TPSA) is 62.4 Å². The van der Waals surface area contributed by atoms with Crippen LogP contribution in [-0.4, -0.2) is 30.2 Å². The van der Waals surface area contributed by atoms with Gasteiger partial charge in [0.2, 0.25) is 0 Å². The molecule has 6 heteroatoms. The Balaban J connectivity index is 2.19. The van der Waals surface area contributed by atoms with Crippen molar-refractivity contribution in [1.29, 1.82) is 0 Å². The summed E-state index contributed by atoms with van der Waals surface area (Å²) in [7, 11) is 0. The van der Waals surface area contributed by atoms with Crippen LogP contribution in [0.1, 0.15) is 0 Å². The fourth-order valence-corrected chi connectivity index (χ4v) is 1.08. The van der Waals surface area contributed by atoms with Crippen LogP contribution in [0.4, 0.5) is 0 Å². The SMILES string of the molecule is CS(=O)OC1NCNCN1. The van der Waals surface area contributed by atoms with Crippen LogP contribution in [-0.2, 0) is 15.3 Å². The predicted molar refractivity (Wildman–Crippen MR) is 38.1 cm³/mol. The lowest BCUT2D eigenvalue weighted by Gasteiger charge is -2.24. The maximum Gasteiger partial charge on any atom is 0.181 e. The van der Waals surface area contributed by atoms with Crippen LogP contribution in [0.5, 0.6) is 0 Å². The molecule has 5 nitrogen and oxygen atoms in total. The number of hydrogen-bond donors (Lipinski definition) is 3.